The number of rotatable bonds is 4. The molecule has 0 saturated carbocycles. The molecule has 4 heterocycles. The van der Waals surface area contributed by atoms with Gasteiger partial charge in [-0.1, -0.05) is 18.2 Å². The Balaban J connectivity index is 1.30. The maximum atomic E-state index is 13.2. The predicted molar refractivity (Wildman–Crippen MR) is 127 cm³/mol. The van der Waals surface area contributed by atoms with Gasteiger partial charge in [0.25, 0.3) is 0 Å². The van der Waals surface area contributed by atoms with E-state index in [1.807, 2.05) is 29.0 Å². The van der Waals surface area contributed by atoms with Crippen LogP contribution in [0.3, 0.4) is 0 Å². The van der Waals surface area contributed by atoms with E-state index in [1.54, 1.807) is 6.92 Å². The molecule has 2 amide bonds. The number of hydrogen-bond acceptors (Lipinski definition) is 6. The number of anilines is 2. The molecular formula is C25H32N6O2. The number of nitrogens with zero attached hydrogens (tertiary/aromatic N) is 5. The first-order valence-electron chi connectivity index (χ1n) is 12.0. The molecule has 1 aromatic carbocycles. The van der Waals surface area contributed by atoms with Crippen LogP contribution >= 0.6 is 0 Å². The van der Waals surface area contributed by atoms with Gasteiger partial charge in [0.1, 0.15) is 11.6 Å². The van der Waals surface area contributed by atoms with Gasteiger partial charge in [-0.2, -0.15) is 0 Å². The van der Waals surface area contributed by atoms with E-state index in [4.69, 9.17) is 9.97 Å². The molecule has 0 bridgehead atoms. The highest BCUT2D eigenvalue weighted by Crippen LogP contribution is 2.31. The van der Waals surface area contributed by atoms with E-state index in [0.717, 1.165) is 73.9 Å². The number of carbonyl (C=O) groups is 2. The number of amides is 2. The molecule has 8 nitrogen and oxygen atoms in total. The average Bonchev–Trinajstić information content (AvgIpc) is 3.34. The highest BCUT2D eigenvalue weighted by molar-refractivity contribution is 5.96. The molecule has 0 unspecified atom stereocenters. The van der Waals surface area contributed by atoms with Crippen molar-refractivity contribution in [2.24, 2.45) is 0 Å². The molecule has 1 saturated heterocycles. The Bertz CT molecular complexity index is 1050. The van der Waals surface area contributed by atoms with E-state index in [2.05, 4.69) is 22.3 Å². The lowest BCUT2D eigenvalue weighted by atomic mass is 10.0. The molecule has 8 heteroatoms. The van der Waals surface area contributed by atoms with Crippen LogP contribution in [0.4, 0.5) is 11.5 Å². The summed E-state index contributed by atoms with van der Waals surface area (Å²) in [5.74, 6) is 2.13. The summed E-state index contributed by atoms with van der Waals surface area (Å²) in [7, 11) is 1.89. The average molecular weight is 449 g/mol. The smallest absolute Gasteiger partial charge is 0.241 e. The van der Waals surface area contributed by atoms with Gasteiger partial charge in [0.05, 0.1) is 12.2 Å². The van der Waals surface area contributed by atoms with Crippen molar-refractivity contribution in [3.8, 4) is 0 Å². The van der Waals surface area contributed by atoms with E-state index >= 15 is 0 Å². The molecule has 1 fully saturated rings. The minimum absolute atomic E-state index is 0.112. The zero-order valence-electron chi connectivity index (χ0n) is 19.5. The van der Waals surface area contributed by atoms with Crippen molar-refractivity contribution in [1.29, 1.82) is 0 Å². The van der Waals surface area contributed by atoms with Gasteiger partial charge in [-0.15, -0.1) is 0 Å². The van der Waals surface area contributed by atoms with Gasteiger partial charge in [0.2, 0.25) is 11.8 Å². The summed E-state index contributed by atoms with van der Waals surface area (Å²) < 4.78 is 0. The lowest BCUT2D eigenvalue weighted by Gasteiger charge is -2.33. The van der Waals surface area contributed by atoms with Crippen molar-refractivity contribution in [3.05, 3.63) is 46.9 Å². The normalized spacial score (nSPS) is 20.4. The second-order valence-electron chi connectivity index (χ2n) is 9.29. The number of aryl methyl sites for hydroxylation is 1. The van der Waals surface area contributed by atoms with Crippen LogP contribution in [0.25, 0.3) is 0 Å². The van der Waals surface area contributed by atoms with E-state index < -0.39 is 0 Å². The van der Waals surface area contributed by atoms with Gasteiger partial charge < -0.3 is 15.1 Å². The minimum atomic E-state index is 0.112. The zero-order valence-corrected chi connectivity index (χ0v) is 19.5. The van der Waals surface area contributed by atoms with Gasteiger partial charge in [-0.05, 0) is 30.9 Å². The Morgan fingerprint density at radius 1 is 1.12 bits per heavy atom. The molecule has 0 aliphatic carbocycles. The largest absolute Gasteiger partial charge is 0.373 e. The molecule has 1 aromatic heterocycles. The van der Waals surface area contributed by atoms with Crippen LogP contribution in [0.1, 0.15) is 48.3 Å². The summed E-state index contributed by atoms with van der Waals surface area (Å²) >= 11 is 0. The maximum absolute atomic E-state index is 13.2. The van der Waals surface area contributed by atoms with Gasteiger partial charge in [-0.25, -0.2) is 9.97 Å². The molecule has 3 aliphatic heterocycles. The van der Waals surface area contributed by atoms with Crippen molar-refractivity contribution >= 4 is 23.3 Å². The highest BCUT2D eigenvalue weighted by Gasteiger charge is 2.31. The third-order valence-electron chi connectivity index (χ3n) is 7.16. The van der Waals surface area contributed by atoms with Crippen LogP contribution < -0.4 is 10.2 Å². The fourth-order valence-corrected chi connectivity index (χ4v) is 5.34. The third-order valence-corrected chi connectivity index (χ3v) is 7.16. The standard InChI is InChI=1S/C25H32N6O2/c1-17(32)30-13-9-19(14-30)24-27-21-10-12-29(15-20(21)25(26-2)28-24)16-23(33)31-11-5-7-18-6-3-4-8-22(18)31/h3-4,6,8,19H,5,7,9-16H2,1-2H3,(H,26,27,28)/t19-/m1/s1. The van der Waals surface area contributed by atoms with Crippen molar-refractivity contribution in [3.63, 3.8) is 0 Å². The van der Waals surface area contributed by atoms with E-state index in [-0.39, 0.29) is 17.7 Å². The third kappa shape index (κ3) is 4.31. The lowest BCUT2D eigenvalue weighted by Crippen LogP contribution is -2.44. The number of nitrogens with one attached hydrogen (secondary N) is 1. The number of benzene rings is 1. The number of hydrogen-bond donors (Lipinski definition) is 1. The van der Waals surface area contributed by atoms with Crippen LogP contribution in [0.2, 0.25) is 0 Å². The van der Waals surface area contributed by atoms with E-state index in [1.165, 1.54) is 5.56 Å². The molecule has 0 radical (unpaired) electrons. The minimum Gasteiger partial charge on any atom is -0.373 e. The summed E-state index contributed by atoms with van der Waals surface area (Å²) in [6.07, 6.45) is 3.74. The van der Waals surface area contributed by atoms with E-state index in [9.17, 15) is 9.59 Å². The predicted octanol–water partition coefficient (Wildman–Crippen LogP) is 2.19. The topological polar surface area (TPSA) is 81.7 Å². The van der Waals surface area contributed by atoms with Gasteiger partial charge in [0, 0.05) is 70.3 Å². The first-order valence-corrected chi connectivity index (χ1v) is 12.0. The van der Waals surface area contributed by atoms with Crippen LogP contribution in [-0.4, -0.2) is 71.4 Å². The fraction of sp³-hybridized carbons (Fsp3) is 0.520. The van der Waals surface area contributed by atoms with Crippen molar-refractivity contribution in [1.82, 2.24) is 19.8 Å². The summed E-state index contributed by atoms with van der Waals surface area (Å²) in [5, 5.41) is 3.25. The summed E-state index contributed by atoms with van der Waals surface area (Å²) in [6.45, 7) is 5.73. The molecule has 1 atom stereocenters. The molecule has 0 spiro atoms. The van der Waals surface area contributed by atoms with Crippen LogP contribution in [0, 0.1) is 0 Å². The second kappa shape index (κ2) is 9.09. The lowest BCUT2D eigenvalue weighted by molar-refractivity contribution is -0.127. The SMILES string of the molecule is CNc1nc([C@@H]2CCN(C(C)=O)C2)nc2c1CN(CC(=O)N1CCCc3ccccc31)CC2. The quantitative estimate of drug-likeness (QED) is 0.772. The number of para-hydroxylation sites is 1. The Hall–Kier alpha value is -3.00. The second-order valence-corrected chi connectivity index (χ2v) is 9.29. The number of likely N-dealkylation sites (tertiary alicyclic amines) is 1. The molecular weight excluding hydrogens is 416 g/mol. The fourth-order valence-electron chi connectivity index (χ4n) is 5.34. The number of aromatic nitrogens is 2. The van der Waals surface area contributed by atoms with Gasteiger partial charge >= 0.3 is 0 Å². The zero-order chi connectivity index (χ0) is 22.9. The Labute approximate surface area is 195 Å². The van der Waals surface area contributed by atoms with Crippen molar-refractivity contribution in [2.75, 3.05) is 50.0 Å². The molecule has 33 heavy (non-hydrogen) atoms. The molecule has 1 N–H and O–H groups in total. The molecule has 2 aromatic rings. The van der Waals surface area contributed by atoms with E-state index in [0.29, 0.717) is 19.6 Å². The Morgan fingerprint density at radius 2 is 1.97 bits per heavy atom. The summed E-state index contributed by atoms with van der Waals surface area (Å²) in [6, 6.07) is 8.24. The monoisotopic (exact) mass is 448 g/mol. The number of carbonyl (C=O) groups excluding carboxylic acids is 2. The van der Waals surface area contributed by atoms with Gasteiger partial charge in [0.15, 0.2) is 0 Å². The first-order chi connectivity index (χ1) is 16.0. The molecule has 5 rings (SSSR count). The van der Waals surface area contributed by atoms with Crippen molar-refractivity contribution < 1.29 is 9.59 Å². The highest BCUT2D eigenvalue weighted by atomic mass is 16.2. The van der Waals surface area contributed by atoms with Crippen molar-refractivity contribution in [2.45, 2.75) is 45.1 Å². The Morgan fingerprint density at radius 3 is 2.76 bits per heavy atom. The summed E-state index contributed by atoms with van der Waals surface area (Å²) in [5.41, 5.74) is 4.47. The number of fused-ring (bicyclic) bond motifs is 2. The summed E-state index contributed by atoms with van der Waals surface area (Å²) in [4.78, 5) is 40.7. The van der Waals surface area contributed by atoms with Crippen LogP contribution in [-0.2, 0) is 29.0 Å². The van der Waals surface area contributed by atoms with Crippen LogP contribution in [0.5, 0.6) is 0 Å². The van der Waals surface area contributed by atoms with Gasteiger partial charge in [-0.3, -0.25) is 14.5 Å². The maximum Gasteiger partial charge on any atom is 0.241 e. The molecule has 3 aliphatic rings. The molecule has 174 valence electrons. The Kier molecular flexibility index (Phi) is 6.01. The van der Waals surface area contributed by atoms with Crippen LogP contribution in [0.15, 0.2) is 24.3 Å². The first kappa shape index (κ1) is 21.8.